The Kier molecular flexibility index (Phi) is 3.71. The minimum atomic E-state index is 0. The van der Waals surface area contributed by atoms with Crippen molar-refractivity contribution in [3.8, 4) is 5.88 Å². The fourth-order valence-corrected chi connectivity index (χ4v) is 0.399. The van der Waals surface area contributed by atoms with Crippen LogP contribution < -0.4 is 4.74 Å². The zero-order valence-electron chi connectivity index (χ0n) is 4.94. The van der Waals surface area contributed by atoms with Gasteiger partial charge in [-0.15, -0.1) is 12.4 Å². The van der Waals surface area contributed by atoms with Gasteiger partial charge in [-0.2, -0.15) is 0 Å². The molecule has 4 heteroatoms. The molecule has 0 aromatic carbocycles. The zero-order chi connectivity index (χ0) is 5.82. The van der Waals surface area contributed by atoms with Gasteiger partial charge in [0.25, 0.3) is 0 Å². The highest BCUT2D eigenvalue weighted by molar-refractivity contribution is 5.85. The third-order valence-corrected chi connectivity index (χ3v) is 0.764. The molecule has 0 radical (unpaired) electrons. The Morgan fingerprint density at radius 1 is 1.56 bits per heavy atom. The summed E-state index contributed by atoms with van der Waals surface area (Å²) in [5.74, 6) is 0.597. The van der Waals surface area contributed by atoms with Crippen molar-refractivity contribution >= 4 is 12.4 Å². The number of hydrogen-bond donors (Lipinski definition) is 0. The van der Waals surface area contributed by atoms with Crippen LogP contribution in [0.5, 0.6) is 5.88 Å². The lowest BCUT2D eigenvalue weighted by molar-refractivity contribution is 0.397. The number of methoxy groups -OCH3 is 1. The average Bonchev–Trinajstić information content (AvgIpc) is 1.90. The van der Waals surface area contributed by atoms with Crippen LogP contribution in [0.2, 0.25) is 0 Å². The molecule has 9 heavy (non-hydrogen) atoms. The van der Waals surface area contributed by atoms with Gasteiger partial charge in [0, 0.05) is 12.3 Å². The summed E-state index contributed by atoms with van der Waals surface area (Å²) in [6, 6.07) is 1.69. The van der Waals surface area contributed by atoms with Gasteiger partial charge < -0.3 is 4.74 Å². The maximum absolute atomic E-state index is 4.76. The van der Waals surface area contributed by atoms with Crippen LogP contribution in [0.3, 0.4) is 0 Å². The summed E-state index contributed by atoms with van der Waals surface area (Å²) < 4.78 is 4.76. The molecule has 0 bridgehead atoms. The van der Waals surface area contributed by atoms with E-state index in [9.17, 15) is 0 Å². The van der Waals surface area contributed by atoms with Gasteiger partial charge in [-0.25, -0.2) is 9.97 Å². The second kappa shape index (κ2) is 4.09. The van der Waals surface area contributed by atoms with E-state index in [0.717, 1.165) is 0 Å². The molecule has 0 aliphatic rings. The summed E-state index contributed by atoms with van der Waals surface area (Å²) in [7, 11) is 1.57. The minimum Gasteiger partial charge on any atom is -0.481 e. The van der Waals surface area contributed by atoms with Crippen molar-refractivity contribution in [3.63, 3.8) is 0 Å². The molecule has 0 amide bonds. The molecule has 3 nitrogen and oxygen atoms in total. The summed E-state index contributed by atoms with van der Waals surface area (Å²) in [6.07, 6.45) is 3.07. The van der Waals surface area contributed by atoms with Crippen molar-refractivity contribution in [1.29, 1.82) is 0 Å². The topological polar surface area (TPSA) is 35.0 Å². The zero-order valence-corrected chi connectivity index (χ0v) is 5.76. The maximum Gasteiger partial charge on any atom is 0.215 e. The molecule has 0 aliphatic carbocycles. The molecule has 1 heterocycles. The molecular formula is C5H7ClN2O. The largest absolute Gasteiger partial charge is 0.481 e. The molecule has 0 fully saturated rings. The molecule has 50 valence electrons. The first kappa shape index (κ1) is 8.17. The van der Waals surface area contributed by atoms with Crippen molar-refractivity contribution in [3.05, 3.63) is 18.6 Å². The summed E-state index contributed by atoms with van der Waals surface area (Å²) >= 11 is 0. The number of hydrogen-bond acceptors (Lipinski definition) is 3. The normalized spacial score (nSPS) is 7.67. The Labute approximate surface area is 59.5 Å². The Morgan fingerprint density at radius 3 is 2.67 bits per heavy atom. The van der Waals surface area contributed by atoms with Crippen LogP contribution in [0.4, 0.5) is 0 Å². The smallest absolute Gasteiger partial charge is 0.215 e. The molecule has 1 aromatic rings. The van der Waals surface area contributed by atoms with Crippen LogP contribution in [0.15, 0.2) is 18.6 Å². The standard InChI is InChI=1S/C5H6N2O.ClH/c1-8-5-2-3-6-4-7-5;/h2-4H,1H3;1H. The minimum absolute atomic E-state index is 0. The molecular weight excluding hydrogens is 140 g/mol. The quantitative estimate of drug-likeness (QED) is 0.591. The van der Waals surface area contributed by atoms with E-state index in [4.69, 9.17) is 4.74 Å². The van der Waals surface area contributed by atoms with Crippen LogP contribution in [0.1, 0.15) is 0 Å². The second-order valence-electron chi connectivity index (χ2n) is 1.25. The molecule has 0 saturated carbocycles. The Morgan fingerprint density at radius 2 is 2.33 bits per heavy atom. The highest BCUT2D eigenvalue weighted by Crippen LogP contribution is 1.97. The number of nitrogens with zero attached hydrogens (tertiary/aromatic N) is 2. The summed E-state index contributed by atoms with van der Waals surface area (Å²) in [4.78, 5) is 7.47. The van der Waals surface area contributed by atoms with Gasteiger partial charge in [0.15, 0.2) is 0 Å². The van der Waals surface area contributed by atoms with E-state index in [1.807, 2.05) is 0 Å². The lowest BCUT2D eigenvalue weighted by Crippen LogP contribution is -1.85. The van der Waals surface area contributed by atoms with Gasteiger partial charge >= 0.3 is 0 Å². The van der Waals surface area contributed by atoms with Crippen molar-refractivity contribution in [2.75, 3.05) is 7.11 Å². The fraction of sp³-hybridized carbons (Fsp3) is 0.200. The summed E-state index contributed by atoms with van der Waals surface area (Å²) in [5, 5.41) is 0. The third-order valence-electron chi connectivity index (χ3n) is 0.764. The van der Waals surface area contributed by atoms with E-state index in [0.29, 0.717) is 5.88 Å². The first-order valence-electron chi connectivity index (χ1n) is 2.23. The van der Waals surface area contributed by atoms with Crippen LogP contribution in [-0.4, -0.2) is 17.1 Å². The van der Waals surface area contributed by atoms with Crippen LogP contribution in [-0.2, 0) is 0 Å². The Balaban J connectivity index is 0.000000640. The molecule has 1 rings (SSSR count). The predicted octanol–water partition coefficient (Wildman–Crippen LogP) is 0.907. The number of halogens is 1. The van der Waals surface area contributed by atoms with Crippen molar-refractivity contribution < 1.29 is 4.74 Å². The van der Waals surface area contributed by atoms with Crippen molar-refractivity contribution in [2.24, 2.45) is 0 Å². The van der Waals surface area contributed by atoms with Gasteiger partial charge in [-0.05, 0) is 0 Å². The summed E-state index contributed by atoms with van der Waals surface area (Å²) in [5.41, 5.74) is 0. The SMILES string of the molecule is COc1ccncn1.Cl. The van der Waals surface area contributed by atoms with Crippen LogP contribution in [0, 0.1) is 0 Å². The molecule has 0 aliphatic heterocycles. The Bertz CT molecular complexity index is 156. The molecule has 0 N–H and O–H groups in total. The number of ether oxygens (including phenoxy) is 1. The highest BCUT2D eigenvalue weighted by atomic mass is 35.5. The van der Waals surface area contributed by atoms with Gasteiger partial charge in [-0.3, -0.25) is 0 Å². The maximum atomic E-state index is 4.76. The van der Waals surface area contributed by atoms with Gasteiger partial charge in [-0.1, -0.05) is 0 Å². The lowest BCUT2D eigenvalue weighted by atomic mass is 10.6. The number of aromatic nitrogens is 2. The average molecular weight is 147 g/mol. The van der Waals surface area contributed by atoms with E-state index in [-0.39, 0.29) is 12.4 Å². The fourth-order valence-electron chi connectivity index (χ4n) is 0.399. The van der Waals surface area contributed by atoms with Gasteiger partial charge in [0.1, 0.15) is 6.33 Å². The Hall–Kier alpha value is -0.830. The van der Waals surface area contributed by atoms with Gasteiger partial charge in [0.2, 0.25) is 5.88 Å². The van der Waals surface area contributed by atoms with E-state index in [1.54, 1.807) is 19.4 Å². The van der Waals surface area contributed by atoms with Gasteiger partial charge in [0.05, 0.1) is 7.11 Å². The van der Waals surface area contributed by atoms with Crippen LogP contribution >= 0.6 is 12.4 Å². The number of rotatable bonds is 1. The monoisotopic (exact) mass is 146 g/mol. The third kappa shape index (κ3) is 2.28. The molecule has 0 spiro atoms. The van der Waals surface area contributed by atoms with Crippen molar-refractivity contribution in [2.45, 2.75) is 0 Å². The van der Waals surface area contributed by atoms with E-state index in [2.05, 4.69) is 9.97 Å². The molecule has 1 aromatic heterocycles. The first-order valence-corrected chi connectivity index (χ1v) is 2.23. The van der Waals surface area contributed by atoms with Crippen molar-refractivity contribution in [1.82, 2.24) is 9.97 Å². The van der Waals surface area contributed by atoms with E-state index >= 15 is 0 Å². The predicted molar refractivity (Wildman–Crippen MR) is 35.8 cm³/mol. The molecule has 0 saturated heterocycles. The summed E-state index contributed by atoms with van der Waals surface area (Å²) in [6.45, 7) is 0. The lowest BCUT2D eigenvalue weighted by Gasteiger charge is -1.91. The van der Waals surface area contributed by atoms with E-state index in [1.165, 1.54) is 6.33 Å². The molecule has 0 unspecified atom stereocenters. The second-order valence-corrected chi connectivity index (χ2v) is 1.25. The van der Waals surface area contributed by atoms with Crippen LogP contribution in [0.25, 0.3) is 0 Å². The molecule has 0 atom stereocenters. The van der Waals surface area contributed by atoms with E-state index < -0.39 is 0 Å². The highest BCUT2D eigenvalue weighted by Gasteiger charge is 1.82. The first-order chi connectivity index (χ1) is 3.93.